The standard InChI is InChI=1S/C14H17N3O2/c1-4-11(3)17-18-9-13-15-16-14(19-13)12-7-5-10(2)6-8-12/h5-8H,4,9H2,1-3H3. The minimum Gasteiger partial charge on any atom is -0.417 e. The summed E-state index contributed by atoms with van der Waals surface area (Å²) in [4.78, 5) is 5.13. The van der Waals surface area contributed by atoms with Gasteiger partial charge in [-0.1, -0.05) is 29.8 Å². The first kappa shape index (κ1) is 13.3. The molecule has 19 heavy (non-hydrogen) atoms. The molecule has 0 unspecified atom stereocenters. The molecule has 1 heterocycles. The second-order valence-electron chi connectivity index (χ2n) is 4.32. The fraction of sp³-hybridized carbons (Fsp3) is 0.357. The summed E-state index contributed by atoms with van der Waals surface area (Å²) in [5.41, 5.74) is 3.02. The van der Waals surface area contributed by atoms with E-state index in [1.165, 1.54) is 5.56 Å². The van der Waals surface area contributed by atoms with Gasteiger partial charge in [0.25, 0.3) is 5.89 Å². The lowest BCUT2D eigenvalue weighted by atomic mass is 10.1. The third kappa shape index (κ3) is 3.64. The number of benzene rings is 1. The van der Waals surface area contributed by atoms with E-state index in [0.717, 1.165) is 17.7 Å². The molecule has 0 N–H and O–H groups in total. The fourth-order valence-corrected chi connectivity index (χ4v) is 1.39. The molecule has 1 aromatic heterocycles. The van der Waals surface area contributed by atoms with Crippen LogP contribution in [0.1, 0.15) is 31.7 Å². The van der Waals surface area contributed by atoms with E-state index in [9.17, 15) is 0 Å². The van der Waals surface area contributed by atoms with E-state index in [4.69, 9.17) is 9.25 Å². The highest BCUT2D eigenvalue weighted by Crippen LogP contribution is 2.18. The number of nitrogens with zero attached hydrogens (tertiary/aromatic N) is 3. The predicted octanol–water partition coefficient (Wildman–Crippen LogP) is 3.35. The molecule has 2 rings (SSSR count). The van der Waals surface area contributed by atoms with Crippen LogP contribution in [-0.4, -0.2) is 15.9 Å². The minimum absolute atomic E-state index is 0.191. The number of aryl methyl sites for hydroxylation is 1. The number of hydrogen-bond acceptors (Lipinski definition) is 5. The number of aromatic nitrogens is 2. The number of oxime groups is 1. The molecule has 5 heteroatoms. The van der Waals surface area contributed by atoms with Gasteiger partial charge in [-0.3, -0.25) is 0 Å². The van der Waals surface area contributed by atoms with Crippen LogP contribution < -0.4 is 0 Å². The maximum absolute atomic E-state index is 5.51. The van der Waals surface area contributed by atoms with E-state index in [1.807, 2.05) is 45.0 Å². The summed E-state index contributed by atoms with van der Waals surface area (Å²) >= 11 is 0. The summed E-state index contributed by atoms with van der Waals surface area (Å²) in [5, 5.41) is 11.8. The van der Waals surface area contributed by atoms with Crippen LogP contribution in [0.5, 0.6) is 0 Å². The second-order valence-corrected chi connectivity index (χ2v) is 4.32. The monoisotopic (exact) mass is 259 g/mol. The quantitative estimate of drug-likeness (QED) is 0.610. The molecule has 0 bridgehead atoms. The maximum Gasteiger partial charge on any atom is 0.257 e. The molecule has 5 nitrogen and oxygen atoms in total. The first-order valence-electron chi connectivity index (χ1n) is 6.24. The molecule has 0 saturated heterocycles. The largest absolute Gasteiger partial charge is 0.417 e. The van der Waals surface area contributed by atoms with Gasteiger partial charge in [-0.15, -0.1) is 10.2 Å². The van der Waals surface area contributed by atoms with Crippen LogP contribution in [0, 0.1) is 6.92 Å². The van der Waals surface area contributed by atoms with Crippen LogP contribution in [0.4, 0.5) is 0 Å². The number of rotatable bonds is 5. The second kappa shape index (κ2) is 6.13. The molecular weight excluding hydrogens is 242 g/mol. The molecule has 0 saturated carbocycles. The van der Waals surface area contributed by atoms with Crippen molar-refractivity contribution in [3.63, 3.8) is 0 Å². The van der Waals surface area contributed by atoms with Gasteiger partial charge in [-0.25, -0.2) is 0 Å². The molecule has 0 spiro atoms. The van der Waals surface area contributed by atoms with Gasteiger partial charge in [-0.2, -0.15) is 0 Å². The molecule has 2 aromatic rings. The Morgan fingerprint density at radius 1 is 1.26 bits per heavy atom. The zero-order valence-corrected chi connectivity index (χ0v) is 11.4. The molecule has 0 aliphatic rings. The Hall–Kier alpha value is -2.17. The highest BCUT2D eigenvalue weighted by atomic mass is 16.6. The van der Waals surface area contributed by atoms with Crippen molar-refractivity contribution in [3.05, 3.63) is 35.7 Å². The topological polar surface area (TPSA) is 60.5 Å². The van der Waals surface area contributed by atoms with Crippen LogP contribution >= 0.6 is 0 Å². The molecule has 100 valence electrons. The van der Waals surface area contributed by atoms with Gasteiger partial charge in [0.2, 0.25) is 5.89 Å². The molecular formula is C14H17N3O2. The predicted molar refractivity (Wildman–Crippen MR) is 72.7 cm³/mol. The minimum atomic E-state index is 0.191. The SMILES string of the molecule is CCC(C)=NOCc1nnc(-c2ccc(C)cc2)o1. The Morgan fingerprint density at radius 3 is 2.68 bits per heavy atom. The van der Waals surface area contributed by atoms with Crippen LogP contribution in [0.15, 0.2) is 33.8 Å². The van der Waals surface area contributed by atoms with Crippen molar-refractivity contribution in [2.75, 3.05) is 0 Å². The van der Waals surface area contributed by atoms with Gasteiger partial charge in [-0.05, 0) is 32.4 Å². The smallest absolute Gasteiger partial charge is 0.257 e. The van der Waals surface area contributed by atoms with Gasteiger partial charge in [0.1, 0.15) is 0 Å². The van der Waals surface area contributed by atoms with Crippen molar-refractivity contribution in [2.24, 2.45) is 5.16 Å². The molecule has 0 atom stereocenters. The van der Waals surface area contributed by atoms with Crippen molar-refractivity contribution in [2.45, 2.75) is 33.8 Å². The Kier molecular flexibility index (Phi) is 4.28. The zero-order chi connectivity index (χ0) is 13.7. The van der Waals surface area contributed by atoms with E-state index in [2.05, 4.69) is 15.4 Å². The maximum atomic E-state index is 5.51. The van der Waals surface area contributed by atoms with E-state index < -0.39 is 0 Å². The molecule has 0 amide bonds. The first-order valence-corrected chi connectivity index (χ1v) is 6.24. The van der Waals surface area contributed by atoms with Crippen molar-refractivity contribution in [1.82, 2.24) is 10.2 Å². The molecule has 1 aromatic carbocycles. The Morgan fingerprint density at radius 2 is 2.00 bits per heavy atom. The van der Waals surface area contributed by atoms with Crippen molar-refractivity contribution < 1.29 is 9.25 Å². The fourth-order valence-electron chi connectivity index (χ4n) is 1.39. The lowest BCUT2D eigenvalue weighted by Gasteiger charge is -1.97. The lowest BCUT2D eigenvalue weighted by molar-refractivity contribution is 0.110. The van der Waals surface area contributed by atoms with Crippen LogP contribution in [0.2, 0.25) is 0 Å². The summed E-state index contributed by atoms with van der Waals surface area (Å²) in [6.07, 6.45) is 0.860. The van der Waals surface area contributed by atoms with Crippen molar-refractivity contribution >= 4 is 5.71 Å². The average molecular weight is 259 g/mol. The lowest BCUT2D eigenvalue weighted by Crippen LogP contribution is -1.92. The van der Waals surface area contributed by atoms with Crippen LogP contribution in [0.25, 0.3) is 11.5 Å². The van der Waals surface area contributed by atoms with Gasteiger partial charge in [0.15, 0.2) is 6.61 Å². The summed E-state index contributed by atoms with van der Waals surface area (Å²) < 4.78 is 5.51. The third-order valence-electron chi connectivity index (χ3n) is 2.69. The highest BCUT2D eigenvalue weighted by Gasteiger charge is 2.08. The van der Waals surface area contributed by atoms with Crippen molar-refractivity contribution in [3.8, 4) is 11.5 Å². The Bertz CT molecular complexity index is 558. The summed E-state index contributed by atoms with van der Waals surface area (Å²) in [7, 11) is 0. The van der Waals surface area contributed by atoms with E-state index >= 15 is 0 Å². The van der Waals surface area contributed by atoms with Gasteiger partial charge in [0.05, 0.1) is 5.71 Å². The molecule has 0 aliphatic heterocycles. The van der Waals surface area contributed by atoms with E-state index in [1.54, 1.807) is 0 Å². The Balaban J connectivity index is 2.01. The molecule has 0 aliphatic carbocycles. The van der Waals surface area contributed by atoms with Gasteiger partial charge in [0, 0.05) is 5.56 Å². The summed E-state index contributed by atoms with van der Waals surface area (Å²) in [6.45, 7) is 6.15. The normalized spacial score (nSPS) is 11.6. The Labute approximate surface area is 112 Å². The van der Waals surface area contributed by atoms with Gasteiger partial charge >= 0.3 is 0 Å². The molecule has 0 radical (unpaired) electrons. The van der Waals surface area contributed by atoms with Gasteiger partial charge < -0.3 is 9.25 Å². The van der Waals surface area contributed by atoms with Crippen LogP contribution in [-0.2, 0) is 11.4 Å². The third-order valence-corrected chi connectivity index (χ3v) is 2.69. The summed E-state index contributed by atoms with van der Waals surface area (Å²) in [6, 6.07) is 7.91. The average Bonchev–Trinajstić information content (AvgIpc) is 2.88. The zero-order valence-electron chi connectivity index (χ0n) is 11.4. The summed E-state index contributed by atoms with van der Waals surface area (Å²) in [5.74, 6) is 0.915. The molecule has 0 fully saturated rings. The van der Waals surface area contributed by atoms with E-state index in [-0.39, 0.29) is 6.61 Å². The number of hydrogen-bond donors (Lipinski definition) is 0. The highest BCUT2D eigenvalue weighted by molar-refractivity contribution is 5.80. The van der Waals surface area contributed by atoms with Crippen LogP contribution in [0.3, 0.4) is 0 Å². The van der Waals surface area contributed by atoms with E-state index in [0.29, 0.717) is 11.8 Å². The van der Waals surface area contributed by atoms with Crippen molar-refractivity contribution in [1.29, 1.82) is 0 Å². The first-order chi connectivity index (χ1) is 9.19.